The van der Waals surface area contributed by atoms with Gasteiger partial charge in [0.25, 0.3) is 0 Å². The Labute approximate surface area is 111 Å². The van der Waals surface area contributed by atoms with Gasteiger partial charge in [-0.15, -0.1) is 0 Å². The maximum Gasteiger partial charge on any atom is 0.219 e. The molecule has 1 heterocycles. The molecule has 0 unspecified atom stereocenters. The van der Waals surface area contributed by atoms with Crippen LogP contribution in [0.2, 0.25) is 0 Å². The van der Waals surface area contributed by atoms with Crippen molar-refractivity contribution in [1.29, 1.82) is 5.26 Å². The van der Waals surface area contributed by atoms with Gasteiger partial charge in [0, 0.05) is 26.1 Å². The van der Waals surface area contributed by atoms with E-state index in [1.165, 1.54) is 6.07 Å². The zero-order valence-electron chi connectivity index (χ0n) is 10.8. The van der Waals surface area contributed by atoms with Gasteiger partial charge in [0.2, 0.25) is 5.91 Å². The molecule has 19 heavy (non-hydrogen) atoms. The van der Waals surface area contributed by atoms with Crippen molar-refractivity contribution in [2.45, 2.75) is 25.8 Å². The Bertz CT molecular complexity index is 516. The number of nitrogens with one attached hydrogen (secondary N) is 1. The number of nitriles is 1. The fraction of sp³-hybridized carbons (Fsp3) is 0.429. The van der Waals surface area contributed by atoms with Crippen molar-refractivity contribution in [3.8, 4) is 6.07 Å². The van der Waals surface area contributed by atoms with Gasteiger partial charge in [-0.3, -0.25) is 4.79 Å². The largest absolute Gasteiger partial charge is 0.381 e. The Morgan fingerprint density at radius 3 is 2.74 bits per heavy atom. The molecule has 1 aliphatic rings. The van der Waals surface area contributed by atoms with Crippen LogP contribution in [0.25, 0.3) is 0 Å². The molecule has 1 aromatic carbocycles. The molecular formula is C14H16FN3O. The van der Waals surface area contributed by atoms with Gasteiger partial charge in [-0.1, -0.05) is 6.07 Å². The van der Waals surface area contributed by atoms with Crippen molar-refractivity contribution >= 4 is 11.6 Å². The number of piperidine rings is 1. The number of benzene rings is 1. The minimum Gasteiger partial charge on any atom is -0.381 e. The first kappa shape index (κ1) is 13.3. The Balaban J connectivity index is 2.02. The summed E-state index contributed by atoms with van der Waals surface area (Å²) in [6.45, 7) is 2.96. The maximum absolute atomic E-state index is 13.5. The monoisotopic (exact) mass is 261 g/mol. The molecule has 1 aromatic rings. The van der Waals surface area contributed by atoms with Crippen molar-refractivity contribution in [2.75, 3.05) is 18.4 Å². The van der Waals surface area contributed by atoms with Crippen molar-refractivity contribution < 1.29 is 9.18 Å². The number of amides is 1. The first-order valence-corrected chi connectivity index (χ1v) is 6.32. The van der Waals surface area contributed by atoms with Crippen LogP contribution in [0, 0.1) is 17.1 Å². The van der Waals surface area contributed by atoms with Crippen LogP contribution in [-0.4, -0.2) is 29.9 Å². The highest BCUT2D eigenvalue weighted by Gasteiger charge is 2.21. The second kappa shape index (κ2) is 5.70. The molecule has 1 N–H and O–H groups in total. The van der Waals surface area contributed by atoms with Gasteiger partial charge in [0.05, 0.1) is 5.69 Å². The number of hydrogen-bond acceptors (Lipinski definition) is 3. The Kier molecular flexibility index (Phi) is 4.00. The molecule has 5 heteroatoms. The molecule has 0 bridgehead atoms. The number of nitrogens with zero attached hydrogens (tertiary/aromatic N) is 2. The first-order chi connectivity index (χ1) is 9.11. The van der Waals surface area contributed by atoms with E-state index in [4.69, 9.17) is 5.26 Å². The molecule has 100 valence electrons. The normalized spacial score (nSPS) is 15.9. The van der Waals surface area contributed by atoms with E-state index in [9.17, 15) is 9.18 Å². The third kappa shape index (κ3) is 3.02. The van der Waals surface area contributed by atoms with Crippen molar-refractivity contribution in [1.82, 2.24) is 4.90 Å². The fourth-order valence-corrected chi connectivity index (χ4v) is 2.32. The summed E-state index contributed by atoms with van der Waals surface area (Å²) in [5.41, 5.74) is 0.584. The number of hydrogen-bond donors (Lipinski definition) is 1. The van der Waals surface area contributed by atoms with Gasteiger partial charge in [0.15, 0.2) is 0 Å². The lowest BCUT2D eigenvalue weighted by Crippen LogP contribution is -2.41. The summed E-state index contributed by atoms with van der Waals surface area (Å²) in [6.07, 6.45) is 1.61. The summed E-state index contributed by atoms with van der Waals surface area (Å²) in [7, 11) is 0. The predicted molar refractivity (Wildman–Crippen MR) is 70.0 cm³/mol. The SMILES string of the molecule is CC(=O)N1CCC(Nc2cccc(F)c2C#N)CC1. The van der Waals surface area contributed by atoms with Gasteiger partial charge in [-0.2, -0.15) is 5.26 Å². The highest BCUT2D eigenvalue weighted by Crippen LogP contribution is 2.22. The average Bonchev–Trinajstić information content (AvgIpc) is 2.39. The van der Waals surface area contributed by atoms with E-state index in [0.717, 1.165) is 12.8 Å². The molecule has 0 radical (unpaired) electrons. The van der Waals surface area contributed by atoms with E-state index in [2.05, 4.69) is 5.32 Å². The van der Waals surface area contributed by atoms with Crippen LogP contribution < -0.4 is 5.32 Å². The molecule has 0 atom stereocenters. The van der Waals surface area contributed by atoms with Crippen LogP contribution in [0.1, 0.15) is 25.3 Å². The van der Waals surface area contributed by atoms with E-state index in [1.807, 2.05) is 6.07 Å². The van der Waals surface area contributed by atoms with E-state index in [0.29, 0.717) is 18.8 Å². The zero-order valence-corrected chi connectivity index (χ0v) is 10.8. The number of carbonyl (C=O) groups is 1. The molecular weight excluding hydrogens is 245 g/mol. The lowest BCUT2D eigenvalue weighted by molar-refractivity contribution is -0.129. The van der Waals surface area contributed by atoms with Gasteiger partial charge < -0.3 is 10.2 Å². The Morgan fingerprint density at radius 1 is 1.47 bits per heavy atom. The molecule has 2 rings (SSSR count). The Morgan fingerprint density at radius 2 is 2.16 bits per heavy atom. The molecule has 1 aliphatic heterocycles. The van der Waals surface area contributed by atoms with Crippen LogP contribution in [0.15, 0.2) is 18.2 Å². The second-order valence-corrected chi connectivity index (χ2v) is 4.70. The van der Waals surface area contributed by atoms with Gasteiger partial charge in [-0.25, -0.2) is 4.39 Å². The second-order valence-electron chi connectivity index (χ2n) is 4.70. The van der Waals surface area contributed by atoms with E-state index in [-0.39, 0.29) is 17.5 Å². The van der Waals surface area contributed by atoms with E-state index < -0.39 is 5.82 Å². The molecule has 1 amide bonds. The summed E-state index contributed by atoms with van der Waals surface area (Å²) in [4.78, 5) is 13.0. The minimum atomic E-state index is -0.506. The van der Waals surface area contributed by atoms with Crippen LogP contribution in [0.5, 0.6) is 0 Å². The number of carbonyl (C=O) groups excluding carboxylic acids is 1. The van der Waals surface area contributed by atoms with Crippen LogP contribution in [0.4, 0.5) is 10.1 Å². The summed E-state index contributed by atoms with van der Waals surface area (Å²) >= 11 is 0. The lowest BCUT2D eigenvalue weighted by Gasteiger charge is -2.32. The summed E-state index contributed by atoms with van der Waals surface area (Å²) < 4.78 is 13.5. The Hall–Kier alpha value is -2.09. The third-order valence-electron chi connectivity index (χ3n) is 3.43. The quantitative estimate of drug-likeness (QED) is 0.887. The average molecular weight is 261 g/mol. The highest BCUT2D eigenvalue weighted by molar-refractivity contribution is 5.73. The minimum absolute atomic E-state index is 0.0523. The number of rotatable bonds is 2. The first-order valence-electron chi connectivity index (χ1n) is 6.32. The topological polar surface area (TPSA) is 56.1 Å². The van der Waals surface area contributed by atoms with Crippen molar-refractivity contribution in [2.24, 2.45) is 0 Å². The summed E-state index contributed by atoms with van der Waals surface area (Å²) in [5, 5.41) is 12.2. The zero-order chi connectivity index (χ0) is 13.8. The summed E-state index contributed by atoms with van der Waals surface area (Å²) in [5.74, 6) is -0.421. The molecule has 0 saturated carbocycles. The molecule has 4 nitrogen and oxygen atoms in total. The van der Waals surface area contributed by atoms with Crippen molar-refractivity contribution in [3.63, 3.8) is 0 Å². The molecule has 0 aliphatic carbocycles. The number of likely N-dealkylation sites (tertiary alicyclic amines) is 1. The number of halogens is 1. The van der Waals surface area contributed by atoms with Crippen molar-refractivity contribution in [3.05, 3.63) is 29.6 Å². The summed E-state index contributed by atoms with van der Waals surface area (Å²) in [6, 6.07) is 6.62. The third-order valence-corrected chi connectivity index (χ3v) is 3.43. The lowest BCUT2D eigenvalue weighted by atomic mass is 10.0. The van der Waals surface area contributed by atoms with Gasteiger partial charge in [-0.05, 0) is 25.0 Å². The molecule has 1 saturated heterocycles. The van der Waals surface area contributed by atoms with Crippen LogP contribution in [-0.2, 0) is 4.79 Å². The highest BCUT2D eigenvalue weighted by atomic mass is 19.1. The predicted octanol–water partition coefficient (Wildman–Crippen LogP) is 2.12. The maximum atomic E-state index is 13.5. The van der Waals surface area contributed by atoms with E-state index >= 15 is 0 Å². The standard InChI is InChI=1S/C14H16FN3O/c1-10(19)18-7-5-11(6-8-18)17-14-4-2-3-13(15)12(14)9-16/h2-4,11,17H,5-8H2,1H3. The molecule has 0 spiro atoms. The van der Waals surface area contributed by atoms with Crippen LogP contribution >= 0.6 is 0 Å². The van der Waals surface area contributed by atoms with Gasteiger partial charge >= 0.3 is 0 Å². The number of anilines is 1. The smallest absolute Gasteiger partial charge is 0.219 e. The van der Waals surface area contributed by atoms with Crippen LogP contribution in [0.3, 0.4) is 0 Å². The molecule has 1 fully saturated rings. The fourth-order valence-electron chi connectivity index (χ4n) is 2.32. The van der Waals surface area contributed by atoms with Gasteiger partial charge in [0.1, 0.15) is 17.4 Å². The van der Waals surface area contributed by atoms with E-state index in [1.54, 1.807) is 24.0 Å². The molecule has 0 aromatic heterocycles.